The zero-order valence-corrected chi connectivity index (χ0v) is 10.3. The lowest BCUT2D eigenvalue weighted by Gasteiger charge is -2.57. The van der Waals surface area contributed by atoms with Crippen LogP contribution in [-0.4, -0.2) is 13.1 Å². The molecule has 1 saturated carbocycles. The molecule has 1 aliphatic carbocycles. The van der Waals surface area contributed by atoms with E-state index in [0.717, 1.165) is 5.41 Å². The van der Waals surface area contributed by atoms with Crippen molar-refractivity contribution in [1.82, 2.24) is 0 Å². The van der Waals surface area contributed by atoms with Crippen molar-refractivity contribution in [2.75, 3.05) is 18.0 Å². The maximum Gasteiger partial charge on any atom is 0.0367 e. The fourth-order valence-electron chi connectivity index (χ4n) is 2.59. The van der Waals surface area contributed by atoms with Crippen LogP contribution in [0.25, 0.3) is 0 Å². The molecule has 0 radical (unpaired) electrons. The van der Waals surface area contributed by atoms with Gasteiger partial charge in [-0.1, -0.05) is 6.42 Å². The van der Waals surface area contributed by atoms with Crippen molar-refractivity contribution in [3.8, 4) is 0 Å². The van der Waals surface area contributed by atoms with E-state index in [1.54, 1.807) is 0 Å². The molecule has 0 N–H and O–H groups in total. The second kappa shape index (κ2) is 3.12. The van der Waals surface area contributed by atoms with Gasteiger partial charge < -0.3 is 4.90 Å². The van der Waals surface area contributed by atoms with E-state index >= 15 is 0 Å². The van der Waals surface area contributed by atoms with Crippen LogP contribution in [0, 0.1) is 8.99 Å². The van der Waals surface area contributed by atoms with Crippen molar-refractivity contribution < 1.29 is 0 Å². The highest BCUT2D eigenvalue weighted by Gasteiger charge is 2.47. The minimum absolute atomic E-state index is 0.739. The molecular weight excluding hydrogens is 285 g/mol. The van der Waals surface area contributed by atoms with Gasteiger partial charge in [0.2, 0.25) is 0 Å². The van der Waals surface area contributed by atoms with Crippen molar-refractivity contribution in [3.05, 3.63) is 27.8 Å². The number of halogens is 1. The Kier molecular flexibility index (Phi) is 2.01. The van der Waals surface area contributed by atoms with E-state index in [9.17, 15) is 0 Å². The minimum atomic E-state index is 0.739. The Hall–Kier alpha value is -0.250. The summed E-state index contributed by atoms with van der Waals surface area (Å²) < 4.78 is 1.32. The monoisotopic (exact) mass is 299 g/mol. The standard InChI is InChI=1S/C12H14IN/c13-10-2-4-11(5-3-10)14-8-12(9-14)6-1-7-12/h2-5H,1,6-9H2. The molecule has 2 heteroatoms. The molecule has 1 saturated heterocycles. The van der Waals surface area contributed by atoms with Gasteiger partial charge in [0.05, 0.1) is 0 Å². The third-order valence-corrected chi connectivity index (χ3v) is 4.38. The second-order valence-corrected chi connectivity index (χ2v) is 5.93. The summed E-state index contributed by atoms with van der Waals surface area (Å²) in [7, 11) is 0. The topological polar surface area (TPSA) is 3.24 Å². The van der Waals surface area contributed by atoms with Crippen LogP contribution >= 0.6 is 22.6 Å². The number of anilines is 1. The minimum Gasteiger partial charge on any atom is -0.370 e. The molecule has 3 rings (SSSR count). The van der Waals surface area contributed by atoms with E-state index in [0.29, 0.717) is 0 Å². The van der Waals surface area contributed by atoms with Gasteiger partial charge in [0.15, 0.2) is 0 Å². The van der Waals surface area contributed by atoms with Crippen molar-refractivity contribution in [2.24, 2.45) is 5.41 Å². The van der Waals surface area contributed by atoms with Gasteiger partial charge in [-0.25, -0.2) is 0 Å². The van der Waals surface area contributed by atoms with Gasteiger partial charge in [0.25, 0.3) is 0 Å². The van der Waals surface area contributed by atoms with Crippen molar-refractivity contribution >= 4 is 28.3 Å². The molecule has 74 valence electrons. The maximum atomic E-state index is 2.51. The Morgan fingerprint density at radius 2 is 1.71 bits per heavy atom. The summed E-state index contributed by atoms with van der Waals surface area (Å²) >= 11 is 2.36. The van der Waals surface area contributed by atoms with Crippen LogP contribution < -0.4 is 4.90 Å². The fourth-order valence-corrected chi connectivity index (χ4v) is 2.95. The molecule has 1 nitrogen and oxygen atoms in total. The van der Waals surface area contributed by atoms with Crippen LogP contribution in [0.15, 0.2) is 24.3 Å². The summed E-state index contributed by atoms with van der Waals surface area (Å²) in [6.07, 6.45) is 4.39. The first-order valence-corrected chi connectivity index (χ1v) is 6.36. The lowest BCUT2D eigenvalue weighted by molar-refractivity contribution is 0.0904. The Morgan fingerprint density at radius 3 is 2.21 bits per heavy atom. The molecule has 1 spiro atoms. The van der Waals surface area contributed by atoms with Crippen molar-refractivity contribution in [3.63, 3.8) is 0 Å². The van der Waals surface area contributed by atoms with Gasteiger partial charge in [-0.05, 0) is 59.7 Å². The van der Waals surface area contributed by atoms with Crippen molar-refractivity contribution in [2.45, 2.75) is 19.3 Å². The van der Waals surface area contributed by atoms with Crippen molar-refractivity contribution in [1.29, 1.82) is 0 Å². The molecule has 1 heterocycles. The van der Waals surface area contributed by atoms with Crippen LogP contribution in [-0.2, 0) is 0 Å². The van der Waals surface area contributed by atoms with E-state index in [1.165, 1.54) is 41.6 Å². The number of rotatable bonds is 1. The summed E-state index contributed by atoms with van der Waals surface area (Å²) in [6.45, 7) is 2.60. The molecule has 1 aliphatic heterocycles. The Labute approximate surface area is 98.6 Å². The summed E-state index contributed by atoms with van der Waals surface area (Å²) in [5.41, 5.74) is 2.14. The van der Waals surface area contributed by atoms with Crippen LogP contribution in [0.3, 0.4) is 0 Å². The lowest BCUT2D eigenvalue weighted by atomic mass is 9.63. The number of benzene rings is 1. The van der Waals surface area contributed by atoms with Gasteiger partial charge in [0.1, 0.15) is 0 Å². The van der Waals surface area contributed by atoms with E-state index in [1.807, 2.05) is 0 Å². The largest absolute Gasteiger partial charge is 0.370 e. The van der Waals surface area contributed by atoms with Gasteiger partial charge >= 0.3 is 0 Å². The zero-order valence-electron chi connectivity index (χ0n) is 8.17. The Balaban J connectivity index is 1.70. The molecular formula is C12H14IN. The molecule has 14 heavy (non-hydrogen) atoms. The van der Waals surface area contributed by atoms with Gasteiger partial charge in [-0.15, -0.1) is 0 Å². The van der Waals surface area contributed by atoms with Gasteiger partial charge in [-0.2, -0.15) is 0 Å². The average Bonchev–Trinajstić information content (AvgIpc) is 2.03. The van der Waals surface area contributed by atoms with Gasteiger partial charge in [0, 0.05) is 27.8 Å². The summed E-state index contributed by atoms with van der Waals surface area (Å²) in [4.78, 5) is 2.51. The first-order valence-electron chi connectivity index (χ1n) is 5.28. The van der Waals surface area contributed by atoms with E-state index in [2.05, 4.69) is 51.8 Å². The highest BCUT2D eigenvalue weighted by molar-refractivity contribution is 14.1. The number of hydrogen-bond acceptors (Lipinski definition) is 1. The highest BCUT2D eigenvalue weighted by Crippen LogP contribution is 2.49. The molecule has 0 amide bonds. The lowest BCUT2D eigenvalue weighted by Crippen LogP contribution is -2.59. The molecule has 0 bridgehead atoms. The fraction of sp³-hybridized carbons (Fsp3) is 0.500. The van der Waals surface area contributed by atoms with Crippen LogP contribution in [0.2, 0.25) is 0 Å². The van der Waals surface area contributed by atoms with Crippen LogP contribution in [0.5, 0.6) is 0 Å². The average molecular weight is 299 g/mol. The van der Waals surface area contributed by atoms with E-state index in [-0.39, 0.29) is 0 Å². The third-order valence-electron chi connectivity index (χ3n) is 3.66. The maximum absolute atomic E-state index is 2.51. The Bertz CT molecular complexity index is 332. The van der Waals surface area contributed by atoms with Crippen LogP contribution in [0.1, 0.15) is 19.3 Å². The predicted octanol–water partition coefficient (Wildman–Crippen LogP) is 3.28. The summed E-state index contributed by atoms with van der Waals surface area (Å²) in [5.74, 6) is 0. The molecule has 0 unspecified atom stereocenters. The molecule has 1 aromatic carbocycles. The second-order valence-electron chi connectivity index (χ2n) is 4.69. The molecule has 2 aliphatic rings. The first-order chi connectivity index (χ1) is 6.77. The molecule has 0 atom stereocenters. The van der Waals surface area contributed by atoms with E-state index in [4.69, 9.17) is 0 Å². The van der Waals surface area contributed by atoms with Crippen LogP contribution in [0.4, 0.5) is 5.69 Å². The summed E-state index contributed by atoms with van der Waals surface area (Å²) in [6, 6.07) is 8.88. The van der Waals surface area contributed by atoms with E-state index < -0.39 is 0 Å². The summed E-state index contributed by atoms with van der Waals surface area (Å²) in [5, 5.41) is 0. The number of nitrogens with zero attached hydrogens (tertiary/aromatic N) is 1. The first kappa shape index (κ1) is 9.01. The van der Waals surface area contributed by atoms with Gasteiger partial charge in [-0.3, -0.25) is 0 Å². The Morgan fingerprint density at radius 1 is 1.07 bits per heavy atom. The molecule has 1 aromatic rings. The predicted molar refractivity (Wildman–Crippen MR) is 67.7 cm³/mol. The molecule has 2 fully saturated rings. The normalized spacial score (nSPS) is 23.1. The zero-order chi connectivity index (χ0) is 9.60. The highest BCUT2D eigenvalue weighted by atomic mass is 127. The quantitative estimate of drug-likeness (QED) is 0.719. The third kappa shape index (κ3) is 1.35. The molecule has 0 aromatic heterocycles. The smallest absolute Gasteiger partial charge is 0.0367 e. The number of hydrogen-bond donors (Lipinski definition) is 0. The SMILES string of the molecule is Ic1ccc(N2CC3(CCC3)C2)cc1.